The van der Waals surface area contributed by atoms with Crippen LogP contribution in [0.25, 0.3) is 0 Å². The molecule has 0 rings (SSSR count). The van der Waals surface area contributed by atoms with E-state index in [4.69, 9.17) is 5.73 Å². The van der Waals surface area contributed by atoms with E-state index in [1.54, 1.807) is 11.9 Å². The molecule has 0 heterocycles. The molecule has 13 heavy (non-hydrogen) atoms. The van der Waals surface area contributed by atoms with E-state index < -0.39 is 12.6 Å². The van der Waals surface area contributed by atoms with Gasteiger partial charge in [0.25, 0.3) is 0 Å². The lowest BCUT2D eigenvalue weighted by Gasteiger charge is -2.20. The highest BCUT2D eigenvalue weighted by Gasteiger charge is 2.27. The van der Waals surface area contributed by atoms with Gasteiger partial charge in [0.05, 0.1) is 6.42 Å². The van der Waals surface area contributed by atoms with Gasteiger partial charge in [-0.1, -0.05) is 6.92 Å². The van der Waals surface area contributed by atoms with Crippen LogP contribution in [-0.4, -0.2) is 37.3 Å². The second-order valence-corrected chi connectivity index (χ2v) is 3.30. The van der Waals surface area contributed by atoms with Crippen LogP contribution in [-0.2, 0) is 0 Å². The molecule has 0 radical (unpaired) electrons. The van der Waals surface area contributed by atoms with Gasteiger partial charge in [-0.05, 0) is 13.5 Å². The number of halogens is 3. The van der Waals surface area contributed by atoms with Gasteiger partial charge < -0.3 is 10.6 Å². The van der Waals surface area contributed by atoms with Crippen molar-refractivity contribution in [3.05, 3.63) is 0 Å². The zero-order valence-corrected chi connectivity index (χ0v) is 8.06. The lowest BCUT2D eigenvalue weighted by atomic mass is 10.2. The monoisotopic (exact) mass is 198 g/mol. The summed E-state index contributed by atoms with van der Waals surface area (Å²) < 4.78 is 35.3. The average Bonchev–Trinajstić information content (AvgIpc) is 1.99. The number of hydrogen-bond donors (Lipinski definition) is 1. The van der Waals surface area contributed by atoms with Crippen molar-refractivity contribution in [2.24, 2.45) is 5.73 Å². The second kappa shape index (κ2) is 5.44. The average molecular weight is 198 g/mol. The normalized spacial score (nSPS) is 15.0. The smallest absolute Gasteiger partial charge is 0.327 e. The summed E-state index contributed by atoms with van der Waals surface area (Å²) in [6.45, 7) is 2.46. The Bertz CT molecular complexity index is 136. The number of likely N-dealkylation sites (N-methyl/N-ethyl adjacent to an activating group) is 1. The molecule has 1 unspecified atom stereocenters. The molecule has 0 aromatic heterocycles. The lowest BCUT2D eigenvalue weighted by molar-refractivity contribution is -0.137. The van der Waals surface area contributed by atoms with E-state index in [-0.39, 0.29) is 12.6 Å². The molecule has 0 aliphatic rings. The number of nitrogens with zero attached hydrogens (tertiary/aromatic N) is 1. The third-order valence-electron chi connectivity index (χ3n) is 1.85. The highest BCUT2D eigenvalue weighted by atomic mass is 19.4. The molecule has 0 aromatic carbocycles. The predicted molar refractivity (Wildman–Crippen MR) is 46.4 cm³/mol. The first-order valence-electron chi connectivity index (χ1n) is 4.36. The Morgan fingerprint density at radius 2 is 1.92 bits per heavy atom. The molecule has 0 bridgehead atoms. The van der Waals surface area contributed by atoms with Gasteiger partial charge in [0, 0.05) is 19.1 Å². The van der Waals surface area contributed by atoms with Crippen LogP contribution in [0.2, 0.25) is 0 Å². The van der Waals surface area contributed by atoms with Gasteiger partial charge in [-0.2, -0.15) is 13.2 Å². The maximum Gasteiger partial charge on any atom is 0.390 e. The van der Waals surface area contributed by atoms with Crippen LogP contribution in [0.3, 0.4) is 0 Å². The summed E-state index contributed by atoms with van der Waals surface area (Å²) in [4.78, 5) is 1.61. The Hall–Kier alpha value is -0.290. The molecule has 5 heteroatoms. The molecular formula is C8H17F3N2. The number of nitrogens with two attached hydrogens (primary N) is 1. The molecule has 80 valence electrons. The van der Waals surface area contributed by atoms with Crippen LogP contribution in [0.4, 0.5) is 13.2 Å². The fourth-order valence-corrected chi connectivity index (χ4v) is 0.938. The molecule has 0 saturated heterocycles. The van der Waals surface area contributed by atoms with Crippen molar-refractivity contribution in [1.82, 2.24) is 4.90 Å². The van der Waals surface area contributed by atoms with Crippen molar-refractivity contribution < 1.29 is 13.2 Å². The molecule has 0 aliphatic heterocycles. The molecule has 2 nitrogen and oxygen atoms in total. The lowest BCUT2D eigenvalue weighted by Crippen LogP contribution is -2.36. The molecule has 0 aliphatic carbocycles. The van der Waals surface area contributed by atoms with Crippen LogP contribution in [0.15, 0.2) is 0 Å². The molecule has 0 aromatic rings. The zero-order valence-electron chi connectivity index (χ0n) is 8.06. The van der Waals surface area contributed by atoms with E-state index in [0.29, 0.717) is 6.54 Å². The first-order chi connectivity index (χ1) is 5.85. The fourth-order valence-electron chi connectivity index (χ4n) is 0.938. The highest BCUT2D eigenvalue weighted by Crippen LogP contribution is 2.19. The summed E-state index contributed by atoms with van der Waals surface area (Å²) in [7, 11) is 1.65. The minimum absolute atomic E-state index is 0.0250. The van der Waals surface area contributed by atoms with Gasteiger partial charge >= 0.3 is 6.18 Å². The van der Waals surface area contributed by atoms with Gasteiger partial charge in [-0.25, -0.2) is 0 Å². The quantitative estimate of drug-likeness (QED) is 0.727. The fraction of sp³-hybridized carbons (Fsp3) is 1.00. The van der Waals surface area contributed by atoms with E-state index in [1.807, 2.05) is 6.92 Å². The third-order valence-corrected chi connectivity index (χ3v) is 1.85. The Morgan fingerprint density at radius 3 is 2.31 bits per heavy atom. The van der Waals surface area contributed by atoms with Gasteiger partial charge in [0.1, 0.15) is 0 Å². The summed E-state index contributed by atoms with van der Waals surface area (Å²) >= 11 is 0. The zero-order chi connectivity index (χ0) is 10.5. The molecule has 0 saturated carbocycles. The standard InChI is InChI=1S/C8H17F3N2/c1-3-7(12)6-13(2)5-4-8(9,10)11/h7H,3-6,12H2,1-2H3. The maximum absolute atomic E-state index is 11.8. The van der Waals surface area contributed by atoms with Crippen molar-refractivity contribution in [1.29, 1.82) is 0 Å². The van der Waals surface area contributed by atoms with E-state index in [0.717, 1.165) is 6.42 Å². The summed E-state index contributed by atoms with van der Waals surface area (Å²) in [5.41, 5.74) is 5.59. The Morgan fingerprint density at radius 1 is 1.38 bits per heavy atom. The van der Waals surface area contributed by atoms with Crippen molar-refractivity contribution in [3.8, 4) is 0 Å². The molecule has 2 N–H and O–H groups in total. The minimum atomic E-state index is -4.06. The molecule has 0 amide bonds. The van der Waals surface area contributed by atoms with Crippen molar-refractivity contribution in [2.45, 2.75) is 32.0 Å². The summed E-state index contributed by atoms with van der Waals surface area (Å²) in [5.74, 6) is 0. The van der Waals surface area contributed by atoms with Crippen LogP contribution in [0, 0.1) is 0 Å². The molecule has 0 fully saturated rings. The van der Waals surface area contributed by atoms with Crippen LogP contribution < -0.4 is 5.73 Å². The largest absolute Gasteiger partial charge is 0.390 e. The molecular weight excluding hydrogens is 181 g/mol. The van der Waals surface area contributed by atoms with Crippen LogP contribution in [0.1, 0.15) is 19.8 Å². The van der Waals surface area contributed by atoms with Gasteiger partial charge in [0.15, 0.2) is 0 Å². The Kier molecular flexibility index (Phi) is 5.32. The van der Waals surface area contributed by atoms with Crippen molar-refractivity contribution in [2.75, 3.05) is 20.1 Å². The SMILES string of the molecule is CCC(N)CN(C)CCC(F)(F)F. The van der Waals surface area contributed by atoms with E-state index >= 15 is 0 Å². The first kappa shape index (κ1) is 12.7. The molecule has 1 atom stereocenters. The van der Waals surface area contributed by atoms with Crippen molar-refractivity contribution in [3.63, 3.8) is 0 Å². The Balaban J connectivity index is 3.57. The number of alkyl halides is 3. The third kappa shape index (κ3) is 8.05. The summed E-state index contributed by atoms with van der Waals surface area (Å²) in [5, 5.41) is 0. The van der Waals surface area contributed by atoms with Gasteiger partial charge in [0.2, 0.25) is 0 Å². The number of hydrogen-bond acceptors (Lipinski definition) is 2. The van der Waals surface area contributed by atoms with Crippen LogP contribution >= 0.6 is 0 Å². The minimum Gasteiger partial charge on any atom is -0.327 e. The van der Waals surface area contributed by atoms with E-state index in [9.17, 15) is 13.2 Å². The van der Waals surface area contributed by atoms with Crippen LogP contribution in [0.5, 0.6) is 0 Å². The van der Waals surface area contributed by atoms with Gasteiger partial charge in [-0.3, -0.25) is 0 Å². The summed E-state index contributed by atoms with van der Waals surface area (Å²) in [6, 6.07) is -0.0294. The number of rotatable bonds is 5. The van der Waals surface area contributed by atoms with E-state index in [2.05, 4.69) is 0 Å². The maximum atomic E-state index is 11.8. The topological polar surface area (TPSA) is 29.3 Å². The summed E-state index contributed by atoms with van der Waals surface area (Å²) in [6.07, 6.45) is -4.04. The Labute approximate surface area is 76.9 Å². The van der Waals surface area contributed by atoms with E-state index in [1.165, 1.54) is 0 Å². The van der Waals surface area contributed by atoms with Crippen molar-refractivity contribution >= 4 is 0 Å². The predicted octanol–water partition coefficient (Wildman–Crippen LogP) is 1.61. The molecule has 0 spiro atoms. The first-order valence-corrected chi connectivity index (χ1v) is 4.36. The second-order valence-electron chi connectivity index (χ2n) is 3.30. The van der Waals surface area contributed by atoms with Gasteiger partial charge in [-0.15, -0.1) is 0 Å². The highest BCUT2D eigenvalue weighted by molar-refractivity contribution is 4.65.